The summed E-state index contributed by atoms with van der Waals surface area (Å²) in [6.45, 7) is 2.78. The van der Waals surface area contributed by atoms with Crippen LogP contribution in [-0.4, -0.2) is 41.5 Å². The zero-order valence-corrected chi connectivity index (χ0v) is 11.8. The second kappa shape index (κ2) is 6.72. The van der Waals surface area contributed by atoms with Crippen LogP contribution in [0.5, 0.6) is 0 Å². The van der Waals surface area contributed by atoms with Gasteiger partial charge in [0, 0.05) is 18.0 Å². The first-order valence-electron chi connectivity index (χ1n) is 6.61. The number of carbonyl (C=O) groups is 2. The number of rotatable bonds is 5. The molecule has 108 valence electrons. The van der Waals surface area contributed by atoms with E-state index in [9.17, 15) is 9.59 Å². The molecule has 0 unspecified atom stereocenters. The van der Waals surface area contributed by atoms with Gasteiger partial charge in [-0.3, -0.25) is 4.79 Å². The van der Waals surface area contributed by atoms with Crippen LogP contribution in [0.15, 0.2) is 18.2 Å². The van der Waals surface area contributed by atoms with Crippen LogP contribution in [0, 0.1) is 0 Å². The number of halogens is 1. The van der Waals surface area contributed by atoms with Gasteiger partial charge in [-0.1, -0.05) is 11.6 Å². The lowest BCUT2D eigenvalue weighted by Gasteiger charge is -2.14. The topological polar surface area (TPSA) is 69.6 Å². The number of amides is 1. The van der Waals surface area contributed by atoms with Gasteiger partial charge in [-0.05, 0) is 44.1 Å². The molecular weight excluding hydrogens is 280 g/mol. The Bertz CT molecular complexity index is 513. The van der Waals surface area contributed by atoms with Crippen molar-refractivity contribution in [3.8, 4) is 0 Å². The van der Waals surface area contributed by atoms with Crippen molar-refractivity contribution in [3.63, 3.8) is 0 Å². The normalized spacial score (nSPS) is 15.2. The van der Waals surface area contributed by atoms with Crippen LogP contribution in [0.25, 0.3) is 0 Å². The highest BCUT2D eigenvalue weighted by atomic mass is 35.5. The van der Waals surface area contributed by atoms with Crippen LogP contribution in [0.4, 0.5) is 5.69 Å². The first kappa shape index (κ1) is 14.8. The zero-order valence-electron chi connectivity index (χ0n) is 11.1. The molecule has 0 aliphatic carbocycles. The molecule has 6 heteroatoms. The van der Waals surface area contributed by atoms with Crippen molar-refractivity contribution in [1.29, 1.82) is 0 Å². The van der Waals surface area contributed by atoms with Gasteiger partial charge in [0.2, 0.25) is 5.91 Å². The largest absolute Gasteiger partial charge is 0.478 e. The Morgan fingerprint density at radius 3 is 2.65 bits per heavy atom. The Balaban J connectivity index is 1.94. The molecule has 0 aromatic heterocycles. The number of hydrogen-bond acceptors (Lipinski definition) is 3. The third-order valence-electron chi connectivity index (χ3n) is 3.34. The number of aromatic carboxylic acids is 1. The highest BCUT2D eigenvalue weighted by Crippen LogP contribution is 2.21. The maximum absolute atomic E-state index is 11.9. The second-order valence-electron chi connectivity index (χ2n) is 4.84. The fourth-order valence-electron chi connectivity index (χ4n) is 2.28. The molecule has 1 aliphatic heterocycles. The van der Waals surface area contributed by atoms with Crippen LogP contribution >= 0.6 is 11.6 Å². The van der Waals surface area contributed by atoms with Gasteiger partial charge < -0.3 is 15.3 Å². The number of nitrogens with one attached hydrogen (secondary N) is 1. The fraction of sp³-hybridized carbons (Fsp3) is 0.429. The summed E-state index contributed by atoms with van der Waals surface area (Å²) in [5.74, 6) is -1.29. The number of hydrogen-bond donors (Lipinski definition) is 2. The van der Waals surface area contributed by atoms with Gasteiger partial charge in [0.25, 0.3) is 0 Å². The van der Waals surface area contributed by atoms with Crippen molar-refractivity contribution in [2.75, 3.05) is 25.0 Å². The summed E-state index contributed by atoms with van der Waals surface area (Å²) in [5.41, 5.74) is 0.292. The van der Waals surface area contributed by atoms with Crippen LogP contribution < -0.4 is 5.32 Å². The van der Waals surface area contributed by atoms with Gasteiger partial charge in [0.05, 0.1) is 11.3 Å². The molecule has 5 nitrogen and oxygen atoms in total. The highest BCUT2D eigenvalue weighted by Gasteiger charge is 2.15. The molecule has 1 aliphatic rings. The lowest BCUT2D eigenvalue weighted by Crippen LogP contribution is -2.25. The third-order valence-corrected chi connectivity index (χ3v) is 3.57. The maximum atomic E-state index is 11.9. The lowest BCUT2D eigenvalue weighted by molar-refractivity contribution is -0.116. The Morgan fingerprint density at radius 1 is 1.30 bits per heavy atom. The van der Waals surface area contributed by atoms with E-state index in [1.54, 1.807) is 6.07 Å². The van der Waals surface area contributed by atoms with Crippen molar-refractivity contribution in [3.05, 3.63) is 28.8 Å². The molecule has 1 amide bonds. The summed E-state index contributed by atoms with van der Waals surface area (Å²) in [7, 11) is 0. The van der Waals surface area contributed by atoms with Gasteiger partial charge in [-0.15, -0.1) is 0 Å². The molecule has 20 heavy (non-hydrogen) atoms. The number of benzene rings is 1. The molecule has 0 bridgehead atoms. The van der Waals surface area contributed by atoms with Gasteiger partial charge in [-0.25, -0.2) is 4.79 Å². The summed E-state index contributed by atoms with van der Waals surface area (Å²) < 4.78 is 0. The third kappa shape index (κ3) is 3.95. The molecule has 0 spiro atoms. The standard InChI is InChI=1S/C14H17ClN2O3/c15-10-3-4-12(11(9-10)14(19)20)16-13(18)5-8-17-6-1-2-7-17/h3-4,9H,1-2,5-8H2,(H,16,18)(H,19,20). The van der Waals surface area contributed by atoms with Crippen LogP contribution in [0.2, 0.25) is 5.02 Å². The molecule has 1 heterocycles. The van der Waals surface area contributed by atoms with Crippen molar-refractivity contribution in [1.82, 2.24) is 4.90 Å². The minimum atomic E-state index is -1.11. The first-order chi connectivity index (χ1) is 9.56. The van der Waals surface area contributed by atoms with Gasteiger partial charge >= 0.3 is 5.97 Å². The van der Waals surface area contributed by atoms with Crippen molar-refractivity contribution in [2.24, 2.45) is 0 Å². The van der Waals surface area contributed by atoms with E-state index >= 15 is 0 Å². The number of nitrogens with zero attached hydrogens (tertiary/aromatic N) is 1. The van der Waals surface area contributed by atoms with Gasteiger partial charge in [-0.2, -0.15) is 0 Å². The Hall–Kier alpha value is -1.59. The molecule has 0 radical (unpaired) electrons. The van der Waals surface area contributed by atoms with E-state index in [2.05, 4.69) is 10.2 Å². The number of carbonyl (C=O) groups excluding carboxylic acids is 1. The molecule has 1 saturated heterocycles. The summed E-state index contributed by atoms with van der Waals surface area (Å²) in [4.78, 5) is 25.2. The lowest BCUT2D eigenvalue weighted by atomic mass is 10.1. The highest BCUT2D eigenvalue weighted by molar-refractivity contribution is 6.31. The molecule has 2 rings (SSSR count). The van der Waals surface area contributed by atoms with E-state index in [1.165, 1.54) is 25.0 Å². The Labute approximate surface area is 122 Å². The minimum absolute atomic E-state index is 0.00650. The summed E-state index contributed by atoms with van der Waals surface area (Å²) >= 11 is 5.76. The summed E-state index contributed by atoms with van der Waals surface area (Å²) in [6, 6.07) is 4.41. The van der Waals surface area contributed by atoms with E-state index in [0.29, 0.717) is 18.0 Å². The quantitative estimate of drug-likeness (QED) is 0.876. The zero-order chi connectivity index (χ0) is 14.5. The molecule has 0 saturated carbocycles. The molecule has 1 aromatic rings. The smallest absolute Gasteiger partial charge is 0.337 e. The Morgan fingerprint density at radius 2 is 2.00 bits per heavy atom. The summed E-state index contributed by atoms with van der Waals surface area (Å²) in [6.07, 6.45) is 2.73. The number of carboxylic acid groups (broad SMARTS) is 1. The summed E-state index contributed by atoms with van der Waals surface area (Å²) in [5, 5.41) is 12.1. The minimum Gasteiger partial charge on any atom is -0.478 e. The molecular formula is C14H17ClN2O3. The van der Waals surface area contributed by atoms with E-state index in [0.717, 1.165) is 13.1 Å². The number of anilines is 1. The van der Waals surface area contributed by atoms with E-state index in [1.807, 2.05) is 0 Å². The van der Waals surface area contributed by atoms with Crippen LogP contribution in [0.1, 0.15) is 29.6 Å². The second-order valence-corrected chi connectivity index (χ2v) is 5.28. The SMILES string of the molecule is O=C(CCN1CCCC1)Nc1ccc(Cl)cc1C(=O)O. The average Bonchev–Trinajstić information content (AvgIpc) is 2.91. The van der Waals surface area contributed by atoms with Gasteiger partial charge in [0.1, 0.15) is 0 Å². The predicted molar refractivity (Wildman–Crippen MR) is 77.3 cm³/mol. The first-order valence-corrected chi connectivity index (χ1v) is 6.99. The van der Waals surface area contributed by atoms with Crippen LogP contribution in [0.3, 0.4) is 0 Å². The van der Waals surface area contributed by atoms with E-state index in [-0.39, 0.29) is 17.2 Å². The number of likely N-dealkylation sites (tertiary alicyclic amines) is 1. The monoisotopic (exact) mass is 296 g/mol. The van der Waals surface area contributed by atoms with E-state index < -0.39 is 5.97 Å². The Kier molecular flexibility index (Phi) is 4.98. The molecule has 1 aromatic carbocycles. The van der Waals surface area contributed by atoms with Crippen molar-refractivity contribution < 1.29 is 14.7 Å². The molecule has 1 fully saturated rings. The average molecular weight is 297 g/mol. The van der Waals surface area contributed by atoms with Crippen LogP contribution in [-0.2, 0) is 4.79 Å². The predicted octanol–water partition coefficient (Wildman–Crippen LogP) is 2.46. The molecule has 2 N–H and O–H groups in total. The molecule has 0 atom stereocenters. The maximum Gasteiger partial charge on any atom is 0.337 e. The van der Waals surface area contributed by atoms with Gasteiger partial charge in [0.15, 0.2) is 0 Å². The van der Waals surface area contributed by atoms with Crippen molar-refractivity contribution in [2.45, 2.75) is 19.3 Å². The number of carboxylic acids is 1. The fourth-order valence-corrected chi connectivity index (χ4v) is 2.45. The van der Waals surface area contributed by atoms with Crippen molar-refractivity contribution >= 4 is 29.2 Å². The van der Waals surface area contributed by atoms with E-state index in [4.69, 9.17) is 16.7 Å².